The summed E-state index contributed by atoms with van der Waals surface area (Å²) in [4.78, 5) is 2.73. The second-order valence-electron chi connectivity index (χ2n) is 7.84. The number of piperidine rings is 1. The van der Waals surface area contributed by atoms with Gasteiger partial charge in [-0.2, -0.15) is 0 Å². The number of nitrogens with zero attached hydrogens (tertiary/aromatic N) is 1. The van der Waals surface area contributed by atoms with Gasteiger partial charge >= 0.3 is 0 Å². The number of benzene rings is 2. The highest BCUT2D eigenvalue weighted by Gasteiger charge is 2.34. The molecule has 2 aliphatic rings. The van der Waals surface area contributed by atoms with Gasteiger partial charge in [0.15, 0.2) is 0 Å². The Morgan fingerprint density at radius 3 is 2.42 bits per heavy atom. The molecule has 2 bridgehead atoms. The summed E-state index contributed by atoms with van der Waals surface area (Å²) in [5, 5.41) is 0. The number of hydrogen-bond donors (Lipinski definition) is 0. The maximum atomic E-state index is 5.45. The van der Waals surface area contributed by atoms with Crippen molar-refractivity contribution < 1.29 is 4.74 Å². The lowest BCUT2D eigenvalue weighted by Gasteiger charge is -2.45. The monoisotopic (exact) mass is 347 g/mol. The van der Waals surface area contributed by atoms with Gasteiger partial charge in [-0.05, 0) is 73.1 Å². The van der Waals surface area contributed by atoms with Crippen LogP contribution in [0, 0.1) is 13.8 Å². The molecule has 1 saturated heterocycles. The van der Waals surface area contributed by atoms with E-state index in [0.29, 0.717) is 12.1 Å². The van der Waals surface area contributed by atoms with E-state index in [1.54, 1.807) is 12.7 Å². The molecule has 136 valence electrons. The predicted molar refractivity (Wildman–Crippen MR) is 108 cm³/mol. The molecule has 2 heteroatoms. The SMILES string of the molecule is COc1cc(C)c(C2=CC3CCCC(C2)N3Cc2ccccc2)c(C)c1. The van der Waals surface area contributed by atoms with Crippen molar-refractivity contribution in [2.45, 2.75) is 58.2 Å². The molecule has 0 radical (unpaired) electrons. The summed E-state index contributed by atoms with van der Waals surface area (Å²) < 4.78 is 5.45. The van der Waals surface area contributed by atoms with Crippen LogP contribution in [0.4, 0.5) is 0 Å². The van der Waals surface area contributed by atoms with Crippen LogP contribution in [-0.4, -0.2) is 24.1 Å². The molecular formula is C24H29NO. The number of methoxy groups -OCH3 is 1. The van der Waals surface area contributed by atoms with Crippen LogP contribution in [0.15, 0.2) is 48.5 Å². The minimum atomic E-state index is 0.568. The Labute approximate surface area is 157 Å². The summed E-state index contributed by atoms with van der Waals surface area (Å²) >= 11 is 0. The van der Waals surface area contributed by atoms with Crippen molar-refractivity contribution in [3.8, 4) is 5.75 Å². The van der Waals surface area contributed by atoms with Gasteiger partial charge in [0, 0.05) is 18.6 Å². The zero-order chi connectivity index (χ0) is 18.1. The molecule has 0 spiro atoms. The van der Waals surface area contributed by atoms with Crippen molar-refractivity contribution in [3.05, 3.63) is 70.8 Å². The highest BCUT2D eigenvalue weighted by molar-refractivity contribution is 5.73. The van der Waals surface area contributed by atoms with Gasteiger partial charge in [0.25, 0.3) is 0 Å². The zero-order valence-electron chi connectivity index (χ0n) is 16.2. The molecule has 4 rings (SSSR count). The molecule has 2 aromatic carbocycles. The summed E-state index contributed by atoms with van der Waals surface area (Å²) in [6.45, 7) is 5.51. The van der Waals surface area contributed by atoms with Crippen LogP contribution in [0.1, 0.15) is 47.9 Å². The lowest BCUT2D eigenvalue weighted by molar-refractivity contribution is 0.0951. The molecule has 0 amide bonds. The van der Waals surface area contributed by atoms with E-state index in [1.807, 2.05) is 0 Å². The fourth-order valence-corrected chi connectivity index (χ4v) is 4.89. The lowest BCUT2D eigenvalue weighted by Crippen LogP contribution is -2.47. The molecule has 0 saturated carbocycles. The molecule has 2 atom stereocenters. The first-order valence-corrected chi connectivity index (χ1v) is 9.81. The van der Waals surface area contributed by atoms with Crippen molar-refractivity contribution in [1.29, 1.82) is 0 Å². The highest BCUT2D eigenvalue weighted by Crippen LogP contribution is 2.40. The maximum absolute atomic E-state index is 5.45. The Hall–Kier alpha value is -2.06. The smallest absolute Gasteiger partial charge is 0.119 e. The van der Waals surface area contributed by atoms with Gasteiger partial charge in [-0.1, -0.05) is 42.8 Å². The largest absolute Gasteiger partial charge is 0.497 e. The first kappa shape index (κ1) is 17.4. The van der Waals surface area contributed by atoms with E-state index in [2.05, 4.69) is 67.3 Å². The molecule has 0 aliphatic carbocycles. The number of ether oxygens (including phenoxy) is 1. The maximum Gasteiger partial charge on any atom is 0.119 e. The zero-order valence-corrected chi connectivity index (χ0v) is 16.2. The van der Waals surface area contributed by atoms with E-state index < -0.39 is 0 Å². The Morgan fingerprint density at radius 1 is 1.04 bits per heavy atom. The summed E-state index contributed by atoms with van der Waals surface area (Å²) in [7, 11) is 1.75. The third-order valence-corrected chi connectivity index (χ3v) is 6.05. The molecule has 2 aliphatic heterocycles. The summed E-state index contributed by atoms with van der Waals surface area (Å²) in [5.41, 5.74) is 7.09. The van der Waals surface area contributed by atoms with E-state index >= 15 is 0 Å². The van der Waals surface area contributed by atoms with E-state index in [9.17, 15) is 0 Å². The van der Waals surface area contributed by atoms with Crippen LogP contribution in [0.3, 0.4) is 0 Å². The van der Waals surface area contributed by atoms with E-state index in [-0.39, 0.29) is 0 Å². The summed E-state index contributed by atoms with van der Waals surface area (Å²) in [5.74, 6) is 0.964. The second kappa shape index (κ2) is 7.28. The van der Waals surface area contributed by atoms with Crippen LogP contribution < -0.4 is 4.74 Å². The van der Waals surface area contributed by atoms with Gasteiger partial charge in [0.2, 0.25) is 0 Å². The highest BCUT2D eigenvalue weighted by atomic mass is 16.5. The van der Waals surface area contributed by atoms with Crippen molar-refractivity contribution >= 4 is 5.57 Å². The molecule has 0 N–H and O–H groups in total. The lowest BCUT2D eigenvalue weighted by atomic mass is 9.80. The average molecular weight is 348 g/mol. The third kappa shape index (κ3) is 3.31. The minimum Gasteiger partial charge on any atom is -0.497 e. The normalized spacial score (nSPS) is 22.8. The van der Waals surface area contributed by atoms with Crippen molar-refractivity contribution in [2.75, 3.05) is 7.11 Å². The molecule has 2 nitrogen and oxygen atoms in total. The molecule has 0 aromatic heterocycles. The number of aryl methyl sites for hydroxylation is 2. The Kier molecular flexibility index (Phi) is 4.86. The molecule has 2 aromatic rings. The topological polar surface area (TPSA) is 12.5 Å². The fraction of sp³-hybridized carbons (Fsp3) is 0.417. The van der Waals surface area contributed by atoms with Crippen molar-refractivity contribution in [3.63, 3.8) is 0 Å². The standard InChI is InChI=1S/C24H29NO/c1-17-12-23(26-3)13-18(2)24(17)20-14-21-10-7-11-22(15-20)25(21)16-19-8-5-4-6-9-19/h4-6,8-9,12-14,21-22H,7,10-11,15-16H2,1-3H3. The number of rotatable bonds is 4. The average Bonchev–Trinajstić information content (AvgIpc) is 2.62. The Morgan fingerprint density at radius 2 is 1.77 bits per heavy atom. The summed E-state index contributed by atoms with van der Waals surface area (Å²) in [6.07, 6.45) is 7.67. The van der Waals surface area contributed by atoms with Crippen LogP contribution in [-0.2, 0) is 6.54 Å². The Bertz CT molecular complexity index is 785. The van der Waals surface area contributed by atoms with Crippen LogP contribution in [0.2, 0.25) is 0 Å². The van der Waals surface area contributed by atoms with Gasteiger partial charge in [0.05, 0.1) is 7.11 Å². The second-order valence-corrected chi connectivity index (χ2v) is 7.84. The van der Waals surface area contributed by atoms with Crippen LogP contribution >= 0.6 is 0 Å². The van der Waals surface area contributed by atoms with E-state index in [4.69, 9.17) is 4.74 Å². The van der Waals surface area contributed by atoms with Crippen LogP contribution in [0.5, 0.6) is 5.75 Å². The van der Waals surface area contributed by atoms with Gasteiger partial charge in [-0.25, -0.2) is 0 Å². The number of fused-ring (bicyclic) bond motifs is 2. The quantitative estimate of drug-likeness (QED) is 0.722. The fourth-order valence-electron chi connectivity index (χ4n) is 4.89. The van der Waals surface area contributed by atoms with Crippen molar-refractivity contribution in [2.24, 2.45) is 0 Å². The first-order chi connectivity index (χ1) is 12.7. The molecule has 2 heterocycles. The summed E-state index contributed by atoms with van der Waals surface area (Å²) in [6, 6.07) is 16.5. The van der Waals surface area contributed by atoms with Gasteiger partial charge in [-0.3, -0.25) is 4.90 Å². The van der Waals surface area contributed by atoms with Gasteiger partial charge < -0.3 is 4.74 Å². The Balaban J connectivity index is 1.65. The number of hydrogen-bond acceptors (Lipinski definition) is 2. The predicted octanol–water partition coefficient (Wildman–Crippen LogP) is 5.52. The third-order valence-electron chi connectivity index (χ3n) is 6.05. The van der Waals surface area contributed by atoms with E-state index in [0.717, 1.165) is 18.7 Å². The first-order valence-electron chi connectivity index (χ1n) is 9.81. The van der Waals surface area contributed by atoms with Crippen LogP contribution in [0.25, 0.3) is 5.57 Å². The van der Waals surface area contributed by atoms with Gasteiger partial charge in [-0.15, -0.1) is 0 Å². The molecule has 26 heavy (non-hydrogen) atoms. The van der Waals surface area contributed by atoms with Gasteiger partial charge in [0.1, 0.15) is 5.75 Å². The van der Waals surface area contributed by atoms with Crippen molar-refractivity contribution in [1.82, 2.24) is 4.90 Å². The van der Waals surface area contributed by atoms with E-state index in [1.165, 1.54) is 41.5 Å². The molecular weight excluding hydrogens is 318 g/mol. The molecule has 1 fully saturated rings. The minimum absolute atomic E-state index is 0.568. The molecule has 2 unspecified atom stereocenters.